The number of thioether (sulfide) groups is 1. The third-order valence-electron chi connectivity index (χ3n) is 7.51. The molecule has 6 nitrogen and oxygen atoms in total. The number of halogens is 1. The van der Waals surface area contributed by atoms with Crippen LogP contribution in [0, 0.1) is 11.8 Å². The molecule has 2 aliphatic rings. The fourth-order valence-electron chi connectivity index (χ4n) is 5.39. The average Bonchev–Trinajstić information content (AvgIpc) is 2.91. The van der Waals surface area contributed by atoms with Crippen LogP contribution in [-0.2, 0) is 10.0 Å². The molecule has 1 saturated carbocycles. The molecule has 2 fully saturated rings. The van der Waals surface area contributed by atoms with Crippen molar-refractivity contribution in [2.24, 2.45) is 11.8 Å². The van der Waals surface area contributed by atoms with Crippen molar-refractivity contribution in [1.82, 2.24) is 4.31 Å². The number of hydrogen-bond acceptors (Lipinski definition) is 6. The van der Waals surface area contributed by atoms with Crippen LogP contribution in [-0.4, -0.2) is 45.8 Å². The minimum atomic E-state index is -3.59. The molecule has 1 saturated heterocycles. The van der Waals surface area contributed by atoms with E-state index in [0.29, 0.717) is 41.7 Å². The zero-order valence-electron chi connectivity index (χ0n) is 21.1. The molecule has 0 aromatic heterocycles. The van der Waals surface area contributed by atoms with Crippen LogP contribution in [0.4, 0.5) is 5.69 Å². The monoisotopic (exact) mass is 552 g/mol. The maximum Gasteiger partial charge on any atom is 0.243 e. The summed E-state index contributed by atoms with van der Waals surface area (Å²) in [7, 11) is -0.540. The van der Waals surface area contributed by atoms with Crippen LogP contribution < -0.4 is 15.2 Å². The summed E-state index contributed by atoms with van der Waals surface area (Å²) < 4.78 is 38.7. The van der Waals surface area contributed by atoms with Crippen molar-refractivity contribution in [3.05, 3.63) is 47.0 Å². The number of methoxy groups -OCH3 is 2. The molecule has 0 amide bonds. The predicted octanol–water partition coefficient (Wildman–Crippen LogP) is 6.39. The minimum absolute atomic E-state index is 0.238. The van der Waals surface area contributed by atoms with Gasteiger partial charge in [-0.25, -0.2) is 8.42 Å². The maximum absolute atomic E-state index is 13.3. The molecule has 0 radical (unpaired) electrons. The Labute approximate surface area is 224 Å². The first kappa shape index (κ1) is 27.4. The molecule has 2 N–H and O–H groups in total. The second-order valence-corrected chi connectivity index (χ2v) is 13.3. The number of sulfonamides is 1. The molecule has 36 heavy (non-hydrogen) atoms. The van der Waals surface area contributed by atoms with Crippen molar-refractivity contribution in [2.75, 3.05) is 38.8 Å². The van der Waals surface area contributed by atoms with Gasteiger partial charge in [0.2, 0.25) is 10.0 Å². The summed E-state index contributed by atoms with van der Waals surface area (Å²) in [4.78, 5) is 0.238. The molecule has 1 atom stereocenters. The first-order chi connectivity index (χ1) is 17.3. The Kier molecular flexibility index (Phi) is 9.36. The fraction of sp³-hybridized carbons (Fsp3) is 0.556. The highest BCUT2D eigenvalue weighted by molar-refractivity contribution is 7.99. The molecular formula is C27H37ClN2O4S2. The lowest BCUT2D eigenvalue weighted by Gasteiger charge is -2.34. The summed E-state index contributed by atoms with van der Waals surface area (Å²) in [6.45, 7) is 1.05. The van der Waals surface area contributed by atoms with E-state index in [1.807, 2.05) is 30.0 Å². The van der Waals surface area contributed by atoms with E-state index in [1.165, 1.54) is 46.3 Å². The second-order valence-electron chi connectivity index (χ2n) is 9.79. The van der Waals surface area contributed by atoms with Crippen LogP contribution in [0.1, 0.15) is 55.8 Å². The Morgan fingerprint density at radius 1 is 1.00 bits per heavy atom. The lowest BCUT2D eigenvalue weighted by atomic mass is 9.84. The Morgan fingerprint density at radius 2 is 1.69 bits per heavy atom. The number of nitrogen functional groups attached to an aromatic ring is 1. The van der Waals surface area contributed by atoms with Crippen LogP contribution in [0.25, 0.3) is 0 Å². The van der Waals surface area contributed by atoms with Gasteiger partial charge >= 0.3 is 0 Å². The highest BCUT2D eigenvalue weighted by Crippen LogP contribution is 2.46. The topological polar surface area (TPSA) is 81.9 Å². The van der Waals surface area contributed by atoms with Crippen LogP contribution in [0.5, 0.6) is 11.5 Å². The van der Waals surface area contributed by atoms with Crippen molar-refractivity contribution in [3.63, 3.8) is 0 Å². The lowest BCUT2D eigenvalue weighted by molar-refractivity contribution is 0.290. The third-order valence-corrected chi connectivity index (χ3v) is 11.3. The van der Waals surface area contributed by atoms with Gasteiger partial charge in [-0.15, -0.1) is 0 Å². The summed E-state index contributed by atoms with van der Waals surface area (Å²) in [5.41, 5.74) is 8.38. The van der Waals surface area contributed by atoms with Crippen molar-refractivity contribution in [2.45, 2.75) is 55.1 Å². The Morgan fingerprint density at radius 3 is 2.36 bits per heavy atom. The smallest absolute Gasteiger partial charge is 0.243 e. The molecule has 0 spiro atoms. The van der Waals surface area contributed by atoms with E-state index in [9.17, 15) is 8.42 Å². The molecule has 0 bridgehead atoms. The first-order valence-corrected chi connectivity index (χ1v) is 15.6. The quantitative estimate of drug-likeness (QED) is 0.363. The van der Waals surface area contributed by atoms with Crippen LogP contribution in [0.2, 0.25) is 5.02 Å². The van der Waals surface area contributed by atoms with Gasteiger partial charge in [0.05, 0.1) is 19.1 Å². The van der Waals surface area contributed by atoms with Gasteiger partial charge in [0.15, 0.2) is 11.5 Å². The zero-order chi connectivity index (χ0) is 25.7. The molecular weight excluding hydrogens is 516 g/mol. The first-order valence-electron chi connectivity index (χ1n) is 12.7. The van der Waals surface area contributed by atoms with Gasteiger partial charge in [0.25, 0.3) is 0 Å². The second kappa shape index (κ2) is 12.3. The number of benzene rings is 2. The molecule has 198 valence electrons. The third kappa shape index (κ3) is 6.26. The van der Waals surface area contributed by atoms with Gasteiger partial charge < -0.3 is 15.2 Å². The number of piperidine rings is 1. The summed E-state index contributed by atoms with van der Waals surface area (Å²) in [6, 6.07) is 10.6. The summed E-state index contributed by atoms with van der Waals surface area (Å²) >= 11 is 8.34. The summed E-state index contributed by atoms with van der Waals surface area (Å²) in [5, 5.41) is 1.06. The fourth-order valence-corrected chi connectivity index (χ4v) is 8.80. The molecule has 1 unspecified atom stereocenters. The Balaban J connectivity index is 1.40. The highest BCUT2D eigenvalue weighted by atomic mass is 35.5. The van der Waals surface area contributed by atoms with Crippen molar-refractivity contribution < 1.29 is 17.9 Å². The van der Waals surface area contributed by atoms with Gasteiger partial charge in [0.1, 0.15) is 0 Å². The molecule has 2 aromatic carbocycles. The molecule has 1 aliphatic carbocycles. The normalized spacial score (nSPS) is 19.2. The minimum Gasteiger partial charge on any atom is -0.493 e. The Hall–Kier alpha value is -1.61. The Bertz CT molecular complexity index is 1130. The van der Waals surface area contributed by atoms with E-state index in [-0.39, 0.29) is 4.90 Å². The number of ether oxygens (including phenoxy) is 2. The van der Waals surface area contributed by atoms with Crippen molar-refractivity contribution >= 4 is 39.1 Å². The number of nitrogens with zero attached hydrogens (tertiary/aromatic N) is 1. The van der Waals surface area contributed by atoms with Gasteiger partial charge in [-0.1, -0.05) is 30.9 Å². The van der Waals surface area contributed by atoms with E-state index in [1.54, 1.807) is 22.5 Å². The number of anilines is 1. The summed E-state index contributed by atoms with van der Waals surface area (Å²) in [5.74, 6) is 3.00. The lowest BCUT2D eigenvalue weighted by Crippen LogP contribution is -2.39. The van der Waals surface area contributed by atoms with E-state index in [4.69, 9.17) is 26.8 Å². The molecule has 9 heteroatoms. The van der Waals surface area contributed by atoms with E-state index >= 15 is 0 Å². The standard InChI is InChI=1S/C27H37ClN2O4S2/c1-33-25-11-9-22(17-26(25)34-2)36(31,32)30-14-12-19(13-15-30)18-35-27(20-6-4-3-5-7-20)23-16-21(28)8-10-24(23)29/h8-11,16-17,19-20,27H,3-7,12-15,18,29H2,1-2H3. The zero-order valence-corrected chi connectivity index (χ0v) is 23.5. The molecule has 4 rings (SSSR count). The SMILES string of the molecule is COc1ccc(S(=O)(=O)N2CCC(CSC(c3cc(Cl)ccc3N)C3CCCCC3)CC2)cc1OC. The highest BCUT2D eigenvalue weighted by Gasteiger charge is 2.32. The van der Waals surface area contributed by atoms with E-state index < -0.39 is 10.0 Å². The van der Waals surface area contributed by atoms with Gasteiger partial charge in [-0.3, -0.25) is 0 Å². The molecule has 2 aromatic rings. The van der Waals surface area contributed by atoms with Crippen LogP contribution in [0.3, 0.4) is 0 Å². The summed E-state index contributed by atoms with van der Waals surface area (Å²) in [6.07, 6.45) is 8.01. The van der Waals surface area contributed by atoms with E-state index in [0.717, 1.165) is 34.9 Å². The van der Waals surface area contributed by atoms with E-state index in [2.05, 4.69) is 0 Å². The molecule has 1 heterocycles. The largest absolute Gasteiger partial charge is 0.493 e. The molecule has 1 aliphatic heterocycles. The van der Waals surface area contributed by atoms with Crippen LogP contribution in [0.15, 0.2) is 41.3 Å². The number of hydrogen-bond donors (Lipinski definition) is 1. The van der Waals surface area contributed by atoms with Gasteiger partial charge in [-0.05, 0) is 79.2 Å². The average molecular weight is 553 g/mol. The van der Waals surface area contributed by atoms with Gasteiger partial charge in [-0.2, -0.15) is 16.1 Å². The van der Waals surface area contributed by atoms with Gasteiger partial charge in [0, 0.05) is 35.1 Å². The number of nitrogens with two attached hydrogens (primary N) is 1. The number of rotatable bonds is 9. The van der Waals surface area contributed by atoms with Crippen molar-refractivity contribution in [1.29, 1.82) is 0 Å². The van der Waals surface area contributed by atoms with Crippen molar-refractivity contribution in [3.8, 4) is 11.5 Å². The predicted molar refractivity (Wildman–Crippen MR) is 149 cm³/mol. The maximum atomic E-state index is 13.3. The van der Waals surface area contributed by atoms with Crippen LogP contribution >= 0.6 is 23.4 Å².